The van der Waals surface area contributed by atoms with Gasteiger partial charge in [-0.3, -0.25) is 4.79 Å². The van der Waals surface area contributed by atoms with Crippen molar-refractivity contribution in [1.82, 2.24) is 14.9 Å². The Balaban J connectivity index is 1.85. The van der Waals surface area contributed by atoms with Crippen molar-refractivity contribution in [1.29, 1.82) is 0 Å². The predicted octanol–water partition coefficient (Wildman–Crippen LogP) is 1.06. The summed E-state index contributed by atoms with van der Waals surface area (Å²) in [6, 6.07) is 9.85. The zero-order valence-corrected chi connectivity index (χ0v) is 12.2. The summed E-state index contributed by atoms with van der Waals surface area (Å²) in [4.78, 5) is 16.6. The van der Waals surface area contributed by atoms with Crippen molar-refractivity contribution in [3.63, 3.8) is 0 Å². The molecule has 6 nitrogen and oxygen atoms in total. The molecule has 1 aliphatic heterocycles. The Kier molecular flexibility index (Phi) is 4.50. The number of ether oxygens (including phenoxy) is 1. The average molecular weight is 301 g/mol. The van der Waals surface area contributed by atoms with Gasteiger partial charge in [0.1, 0.15) is 11.9 Å². The van der Waals surface area contributed by atoms with E-state index in [0.29, 0.717) is 13.0 Å². The zero-order valence-electron chi connectivity index (χ0n) is 12.2. The number of carbonyl (C=O) groups is 1. The van der Waals surface area contributed by atoms with Gasteiger partial charge in [0.25, 0.3) is 0 Å². The second-order valence-electron chi connectivity index (χ2n) is 5.19. The van der Waals surface area contributed by atoms with Crippen molar-refractivity contribution < 1.29 is 14.6 Å². The van der Waals surface area contributed by atoms with Crippen LogP contribution in [0.2, 0.25) is 0 Å². The topological polar surface area (TPSA) is 76.4 Å². The van der Waals surface area contributed by atoms with Gasteiger partial charge < -0.3 is 19.7 Å². The van der Waals surface area contributed by atoms with Gasteiger partial charge in [0.2, 0.25) is 5.91 Å². The lowest BCUT2D eigenvalue weighted by Gasteiger charge is -2.19. The zero-order chi connectivity index (χ0) is 15.4. The Morgan fingerprint density at radius 3 is 3.00 bits per heavy atom. The van der Waals surface area contributed by atoms with E-state index in [1.807, 2.05) is 41.1 Å². The number of aliphatic hydroxyl groups excluding tert-OH is 1. The second kappa shape index (κ2) is 6.72. The van der Waals surface area contributed by atoms with Crippen molar-refractivity contribution in [2.24, 2.45) is 5.92 Å². The van der Waals surface area contributed by atoms with Crippen molar-refractivity contribution in [3.8, 4) is 5.69 Å². The first-order chi connectivity index (χ1) is 10.8. The van der Waals surface area contributed by atoms with Gasteiger partial charge in [-0.15, -0.1) is 0 Å². The average Bonchev–Trinajstić information content (AvgIpc) is 3.21. The lowest BCUT2D eigenvalue weighted by atomic mass is 9.99. The molecule has 1 aromatic heterocycles. The van der Waals surface area contributed by atoms with Gasteiger partial charge in [0.05, 0.1) is 12.5 Å². The van der Waals surface area contributed by atoms with Crippen LogP contribution < -0.4 is 5.32 Å². The molecule has 0 unspecified atom stereocenters. The van der Waals surface area contributed by atoms with Crippen LogP contribution in [0.3, 0.4) is 0 Å². The lowest BCUT2D eigenvalue weighted by Crippen LogP contribution is -2.34. The minimum absolute atomic E-state index is 0.0668. The Bertz CT molecular complexity index is 627. The third kappa shape index (κ3) is 2.88. The standard InChI is InChI=1S/C16H19N3O3/c20-10-8-18-16(21)13-6-11-22-14(13)15-17-7-9-19(15)12-4-2-1-3-5-12/h1-5,7,9,13-14,20H,6,8,10-11H2,(H,18,21)/t13-,14-/m1/s1. The number of imidazole rings is 1. The number of amides is 1. The molecule has 1 aliphatic rings. The number of aromatic nitrogens is 2. The summed E-state index contributed by atoms with van der Waals surface area (Å²) >= 11 is 0. The van der Waals surface area contributed by atoms with Crippen molar-refractivity contribution in [2.75, 3.05) is 19.8 Å². The van der Waals surface area contributed by atoms with E-state index < -0.39 is 0 Å². The van der Waals surface area contributed by atoms with Crippen LogP contribution in [0.4, 0.5) is 0 Å². The maximum atomic E-state index is 12.2. The van der Waals surface area contributed by atoms with E-state index in [1.54, 1.807) is 6.20 Å². The predicted molar refractivity (Wildman–Crippen MR) is 80.5 cm³/mol. The van der Waals surface area contributed by atoms with Crippen molar-refractivity contribution in [2.45, 2.75) is 12.5 Å². The fraction of sp³-hybridized carbons (Fsp3) is 0.375. The smallest absolute Gasteiger partial charge is 0.226 e. The van der Waals surface area contributed by atoms with Crippen LogP contribution >= 0.6 is 0 Å². The number of hydrogen-bond acceptors (Lipinski definition) is 4. The number of rotatable bonds is 5. The second-order valence-corrected chi connectivity index (χ2v) is 5.19. The molecule has 0 aliphatic carbocycles. The highest BCUT2D eigenvalue weighted by Crippen LogP contribution is 2.34. The molecule has 1 amide bonds. The largest absolute Gasteiger partial charge is 0.395 e. The van der Waals surface area contributed by atoms with E-state index in [2.05, 4.69) is 10.3 Å². The van der Waals surface area contributed by atoms with E-state index in [-0.39, 0.29) is 31.1 Å². The Hall–Kier alpha value is -2.18. The van der Waals surface area contributed by atoms with Crippen molar-refractivity contribution in [3.05, 3.63) is 48.5 Å². The number of aliphatic hydroxyl groups is 1. The number of nitrogens with zero attached hydrogens (tertiary/aromatic N) is 2. The molecular weight excluding hydrogens is 282 g/mol. The summed E-state index contributed by atoms with van der Waals surface area (Å²) in [6.07, 6.45) is 3.87. The molecular formula is C16H19N3O3. The summed E-state index contributed by atoms with van der Waals surface area (Å²) in [5.41, 5.74) is 0.986. The Morgan fingerprint density at radius 2 is 2.23 bits per heavy atom. The molecule has 2 heterocycles. The fourth-order valence-corrected chi connectivity index (χ4v) is 2.76. The number of para-hydroxylation sites is 1. The van der Waals surface area contributed by atoms with Crippen LogP contribution in [0.5, 0.6) is 0 Å². The highest BCUT2D eigenvalue weighted by molar-refractivity contribution is 5.79. The number of hydrogen-bond donors (Lipinski definition) is 2. The Morgan fingerprint density at radius 1 is 1.41 bits per heavy atom. The Labute approximate surface area is 128 Å². The molecule has 2 N–H and O–H groups in total. The first-order valence-corrected chi connectivity index (χ1v) is 7.40. The summed E-state index contributed by atoms with van der Waals surface area (Å²) in [6.45, 7) is 0.724. The van der Waals surface area contributed by atoms with Crippen LogP contribution in [0.1, 0.15) is 18.3 Å². The summed E-state index contributed by atoms with van der Waals surface area (Å²) in [5.74, 6) is 0.350. The molecule has 2 atom stereocenters. The number of nitrogens with one attached hydrogen (secondary N) is 1. The molecule has 3 rings (SSSR count). The maximum Gasteiger partial charge on any atom is 0.226 e. The quantitative estimate of drug-likeness (QED) is 0.866. The fourth-order valence-electron chi connectivity index (χ4n) is 2.76. The first-order valence-electron chi connectivity index (χ1n) is 7.40. The van der Waals surface area contributed by atoms with E-state index in [4.69, 9.17) is 9.84 Å². The summed E-state index contributed by atoms with van der Waals surface area (Å²) in [7, 11) is 0. The SMILES string of the molecule is O=C(NCCO)[C@@H]1CCO[C@H]1c1nccn1-c1ccccc1. The highest BCUT2D eigenvalue weighted by atomic mass is 16.5. The number of carbonyl (C=O) groups excluding carboxylic acids is 1. The molecule has 1 fully saturated rings. The van der Waals surface area contributed by atoms with Crippen LogP contribution in [0, 0.1) is 5.92 Å². The van der Waals surface area contributed by atoms with E-state index in [9.17, 15) is 4.79 Å². The van der Waals surface area contributed by atoms with Crippen LogP contribution in [-0.4, -0.2) is 40.3 Å². The molecule has 0 bridgehead atoms. The maximum absolute atomic E-state index is 12.2. The molecule has 1 saturated heterocycles. The molecule has 0 spiro atoms. The minimum atomic E-state index is -0.367. The molecule has 116 valence electrons. The number of benzene rings is 1. The third-order valence-electron chi connectivity index (χ3n) is 3.80. The molecule has 1 aromatic carbocycles. The van der Waals surface area contributed by atoms with Gasteiger partial charge >= 0.3 is 0 Å². The summed E-state index contributed by atoms with van der Waals surface area (Å²) < 4.78 is 7.71. The van der Waals surface area contributed by atoms with Crippen LogP contribution in [-0.2, 0) is 9.53 Å². The normalized spacial score (nSPS) is 21.0. The van der Waals surface area contributed by atoms with Gasteiger partial charge in [-0.2, -0.15) is 0 Å². The van der Waals surface area contributed by atoms with Crippen LogP contribution in [0.25, 0.3) is 5.69 Å². The highest BCUT2D eigenvalue weighted by Gasteiger charge is 2.37. The van der Waals surface area contributed by atoms with E-state index in [0.717, 1.165) is 11.5 Å². The third-order valence-corrected chi connectivity index (χ3v) is 3.80. The molecule has 6 heteroatoms. The van der Waals surface area contributed by atoms with Crippen LogP contribution in [0.15, 0.2) is 42.7 Å². The molecule has 2 aromatic rings. The van der Waals surface area contributed by atoms with Gasteiger partial charge in [0.15, 0.2) is 0 Å². The van der Waals surface area contributed by atoms with Gasteiger partial charge in [-0.25, -0.2) is 4.98 Å². The lowest BCUT2D eigenvalue weighted by molar-refractivity contribution is -0.127. The van der Waals surface area contributed by atoms with E-state index >= 15 is 0 Å². The van der Waals surface area contributed by atoms with Gasteiger partial charge in [0, 0.05) is 31.2 Å². The van der Waals surface area contributed by atoms with Crippen molar-refractivity contribution >= 4 is 5.91 Å². The monoisotopic (exact) mass is 301 g/mol. The summed E-state index contributed by atoms with van der Waals surface area (Å²) in [5, 5.41) is 11.6. The molecule has 0 saturated carbocycles. The van der Waals surface area contributed by atoms with E-state index in [1.165, 1.54) is 0 Å². The van der Waals surface area contributed by atoms with Gasteiger partial charge in [-0.1, -0.05) is 18.2 Å². The first kappa shape index (κ1) is 14.7. The minimum Gasteiger partial charge on any atom is -0.395 e. The molecule has 22 heavy (non-hydrogen) atoms. The molecule has 0 radical (unpaired) electrons. The van der Waals surface area contributed by atoms with Gasteiger partial charge in [-0.05, 0) is 18.6 Å².